The molecule has 0 atom stereocenters. The summed E-state index contributed by atoms with van der Waals surface area (Å²) in [5, 5.41) is 13.8. The fourth-order valence-electron chi connectivity index (χ4n) is 3.73. The summed E-state index contributed by atoms with van der Waals surface area (Å²) in [4.78, 5) is 37.7. The largest absolute Gasteiger partial charge is 0.490 e. The van der Waals surface area contributed by atoms with Crippen molar-refractivity contribution in [2.45, 2.75) is 20.8 Å². The van der Waals surface area contributed by atoms with Crippen molar-refractivity contribution in [2.24, 2.45) is 0 Å². The molecular formula is C28H25N3O6S2. The zero-order valence-corrected chi connectivity index (χ0v) is 23.1. The number of carbonyl (C=O) groups excluding carboxylic acids is 2. The number of nitrogens with one attached hydrogen (secondary N) is 1. The highest BCUT2D eigenvalue weighted by atomic mass is 32.2. The van der Waals surface area contributed by atoms with E-state index in [2.05, 4.69) is 5.32 Å². The Morgan fingerprint density at radius 3 is 2.46 bits per heavy atom. The van der Waals surface area contributed by atoms with Crippen LogP contribution in [0.5, 0.6) is 11.5 Å². The summed E-state index contributed by atoms with van der Waals surface area (Å²) in [6.45, 7) is 5.98. The molecule has 0 radical (unpaired) electrons. The minimum absolute atomic E-state index is 0.0757. The monoisotopic (exact) mass is 563 g/mol. The summed E-state index contributed by atoms with van der Waals surface area (Å²) in [5.41, 5.74) is 3.96. The van der Waals surface area contributed by atoms with Gasteiger partial charge in [0, 0.05) is 17.8 Å². The van der Waals surface area contributed by atoms with E-state index in [0.717, 1.165) is 22.9 Å². The van der Waals surface area contributed by atoms with Crippen LogP contribution < -0.4 is 19.7 Å². The number of nitro benzene ring substituents is 1. The van der Waals surface area contributed by atoms with E-state index in [9.17, 15) is 19.7 Å². The number of aryl methyl sites for hydroxylation is 2. The number of non-ortho nitro benzene ring substituents is 1. The van der Waals surface area contributed by atoms with Gasteiger partial charge in [0.25, 0.3) is 17.5 Å². The first kappa shape index (κ1) is 27.8. The smallest absolute Gasteiger partial charge is 0.270 e. The zero-order valence-electron chi connectivity index (χ0n) is 21.4. The van der Waals surface area contributed by atoms with Crippen LogP contribution in [0.1, 0.15) is 23.6 Å². The van der Waals surface area contributed by atoms with Crippen LogP contribution in [-0.4, -0.2) is 34.3 Å². The standard InChI is InChI=1S/C28H25N3O6S2/c1-4-36-24-14-19(6-12-23(24)37-16-26(32)29-20-7-5-17(2)18(3)13-20)15-25-27(33)30(28(38)39-25)21-8-10-22(11-9-21)31(34)35/h5-15H,4,16H2,1-3H3,(H,29,32)/b25-15-. The van der Waals surface area contributed by atoms with Gasteiger partial charge in [0.2, 0.25) is 0 Å². The average Bonchev–Trinajstić information content (AvgIpc) is 3.18. The third kappa shape index (κ3) is 6.62. The molecule has 0 saturated carbocycles. The van der Waals surface area contributed by atoms with E-state index in [4.69, 9.17) is 21.7 Å². The number of hydrogen-bond acceptors (Lipinski definition) is 8. The van der Waals surface area contributed by atoms with Crippen LogP contribution in [0.25, 0.3) is 6.08 Å². The van der Waals surface area contributed by atoms with Crippen LogP contribution in [0.2, 0.25) is 0 Å². The fraction of sp³-hybridized carbons (Fsp3) is 0.179. The van der Waals surface area contributed by atoms with Gasteiger partial charge in [-0.05, 0) is 79.9 Å². The second-order valence-corrected chi connectivity index (χ2v) is 10.2. The summed E-state index contributed by atoms with van der Waals surface area (Å²) in [5.74, 6) is 0.179. The normalized spacial score (nSPS) is 14.0. The van der Waals surface area contributed by atoms with Crippen molar-refractivity contribution in [3.8, 4) is 11.5 Å². The Labute approximate surface area is 234 Å². The van der Waals surface area contributed by atoms with Gasteiger partial charge in [-0.25, -0.2) is 0 Å². The van der Waals surface area contributed by atoms with Gasteiger partial charge in [-0.1, -0.05) is 36.1 Å². The number of rotatable bonds is 9. The predicted molar refractivity (Wildman–Crippen MR) is 156 cm³/mol. The van der Waals surface area contributed by atoms with E-state index in [-0.39, 0.29) is 24.1 Å². The van der Waals surface area contributed by atoms with Gasteiger partial charge in [-0.2, -0.15) is 0 Å². The lowest BCUT2D eigenvalue weighted by Crippen LogP contribution is -2.27. The lowest BCUT2D eigenvalue weighted by atomic mass is 10.1. The van der Waals surface area contributed by atoms with Gasteiger partial charge in [0.1, 0.15) is 0 Å². The maximum atomic E-state index is 13.1. The number of thiocarbonyl (C=S) groups is 1. The molecular weight excluding hydrogens is 538 g/mol. The van der Waals surface area contributed by atoms with Gasteiger partial charge in [-0.15, -0.1) is 0 Å². The highest BCUT2D eigenvalue weighted by Crippen LogP contribution is 2.37. The number of amides is 2. The molecule has 0 spiro atoms. The maximum Gasteiger partial charge on any atom is 0.270 e. The molecule has 2 amide bonds. The predicted octanol–water partition coefficient (Wildman–Crippen LogP) is 6.03. The summed E-state index contributed by atoms with van der Waals surface area (Å²) in [7, 11) is 0. The molecule has 1 aliphatic heterocycles. The Kier molecular flexibility index (Phi) is 8.62. The number of carbonyl (C=O) groups is 2. The molecule has 1 fully saturated rings. The van der Waals surface area contributed by atoms with Crippen molar-refractivity contribution < 1.29 is 24.0 Å². The molecule has 11 heteroatoms. The molecule has 200 valence electrons. The van der Waals surface area contributed by atoms with Crippen molar-refractivity contribution in [3.05, 3.63) is 92.4 Å². The quantitative estimate of drug-likeness (QED) is 0.145. The van der Waals surface area contributed by atoms with E-state index in [0.29, 0.717) is 44.3 Å². The van der Waals surface area contributed by atoms with Crippen molar-refractivity contribution >= 4 is 63.3 Å². The number of hydrogen-bond donors (Lipinski definition) is 1. The summed E-state index contributed by atoms with van der Waals surface area (Å²) in [6.07, 6.45) is 1.68. The van der Waals surface area contributed by atoms with Gasteiger partial charge in [0.15, 0.2) is 22.4 Å². The van der Waals surface area contributed by atoms with Crippen LogP contribution in [-0.2, 0) is 9.59 Å². The Balaban J connectivity index is 1.47. The lowest BCUT2D eigenvalue weighted by molar-refractivity contribution is -0.384. The van der Waals surface area contributed by atoms with Gasteiger partial charge in [0.05, 0.1) is 22.1 Å². The molecule has 0 bridgehead atoms. The molecule has 1 aliphatic rings. The Hall–Kier alpha value is -4.22. The van der Waals surface area contributed by atoms with Crippen LogP contribution in [0, 0.1) is 24.0 Å². The van der Waals surface area contributed by atoms with Gasteiger partial charge < -0.3 is 14.8 Å². The van der Waals surface area contributed by atoms with E-state index in [1.807, 2.05) is 39.0 Å². The lowest BCUT2D eigenvalue weighted by Gasteiger charge is -2.14. The second-order valence-electron chi connectivity index (χ2n) is 8.57. The molecule has 3 aromatic rings. The fourth-order valence-corrected chi connectivity index (χ4v) is 5.03. The van der Waals surface area contributed by atoms with E-state index < -0.39 is 4.92 Å². The first-order chi connectivity index (χ1) is 18.7. The molecule has 0 aromatic heterocycles. The molecule has 9 nitrogen and oxygen atoms in total. The van der Waals surface area contributed by atoms with Crippen molar-refractivity contribution in [3.63, 3.8) is 0 Å². The van der Waals surface area contributed by atoms with Gasteiger partial charge in [-0.3, -0.25) is 24.6 Å². The molecule has 1 heterocycles. The molecule has 3 aromatic carbocycles. The van der Waals surface area contributed by atoms with Crippen molar-refractivity contribution in [2.75, 3.05) is 23.4 Å². The number of benzene rings is 3. The molecule has 0 aliphatic carbocycles. The number of ether oxygens (including phenoxy) is 2. The third-order valence-electron chi connectivity index (χ3n) is 5.83. The minimum atomic E-state index is -0.505. The Morgan fingerprint density at radius 2 is 1.79 bits per heavy atom. The number of nitrogens with zero attached hydrogens (tertiary/aromatic N) is 2. The number of anilines is 2. The van der Waals surface area contributed by atoms with Gasteiger partial charge >= 0.3 is 0 Å². The molecule has 1 saturated heterocycles. The van der Waals surface area contributed by atoms with Crippen LogP contribution in [0.4, 0.5) is 17.1 Å². The van der Waals surface area contributed by atoms with Crippen LogP contribution >= 0.6 is 24.0 Å². The molecule has 0 unspecified atom stereocenters. The summed E-state index contributed by atoms with van der Waals surface area (Å²) in [6, 6.07) is 16.5. The third-order valence-corrected chi connectivity index (χ3v) is 7.13. The van der Waals surface area contributed by atoms with Crippen molar-refractivity contribution in [1.29, 1.82) is 0 Å². The first-order valence-electron chi connectivity index (χ1n) is 12.0. The molecule has 1 N–H and O–H groups in total. The van der Waals surface area contributed by atoms with Crippen molar-refractivity contribution in [1.82, 2.24) is 0 Å². The average molecular weight is 564 g/mol. The van der Waals surface area contributed by atoms with E-state index >= 15 is 0 Å². The highest BCUT2D eigenvalue weighted by molar-refractivity contribution is 8.27. The summed E-state index contributed by atoms with van der Waals surface area (Å²) >= 11 is 6.53. The maximum absolute atomic E-state index is 13.1. The number of thioether (sulfide) groups is 1. The minimum Gasteiger partial charge on any atom is -0.490 e. The van der Waals surface area contributed by atoms with E-state index in [1.54, 1.807) is 24.3 Å². The van der Waals surface area contributed by atoms with Crippen LogP contribution in [0.15, 0.2) is 65.6 Å². The first-order valence-corrected chi connectivity index (χ1v) is 13.2. The second kappa shape index (κ2) is 12.1. The van der Waals surface area contributed by atoms with Crippen LogP contribution in [0.3, 0.4) is 0 Å². The topological polar surface area (TPSA) is 111 Å². The molecule has 39 heavy (non-hydrogen) atoms. The Morgan fingerprint density at radius 1 is 1.05 bits per heavy atom. The SMILES string of the molecule is CCOc1cc(/C=C2\SC(=S)N(c3ccc([N+](=O)[O-])cc3)C2=O)ccc1OCC(=O)Nc1ccc(C)c(C)c1. The zero-order chi connectivity index (χ0) is 28.1. The summed E-state index contributed by atoms with van der Waals surface area (Å²) < 4.78 is 11.8. The number of nitro groups is 1. The molecule has 4 rings (SSSR count). The Bertz CT molecular complexity index is 1490. The van der Waals surface area contributed by atoms with E-state index in [1.165, 1.54) is 29.2 Å². The highest BCUT2D eigenvalue weighted by Gasteiger charge is 2.33.